The summed E-state index contributed by atoms with van der Waals surface area (Å²) in [6, 6.07) is 8.08. The van der Waals surface area contributed by atoms with Gasteiger partial charge in [0, 0.05) is 44.7 Å². The standard InChI is InChI=1S/C21H30ClN3O2/c1-23(21(27)16-25-12-3-5-20(25)26)14-18-4-2-11-24(15-18)13-10-17-6-8-19(22)9-7-17/h6-9,18H,2-5,10-16H2,1H3. The number of amides is 2. The van der Waals surface area contributed by atoms with E-state index in [-0.39, 0.29) is 18.4 Å². The molecule has 2 aliphatic rings. The van der Waals surface area contributed by atoms with Crippen molar-refractivity contribution in [3.63, 3.8) is 0 Å². The number of rotatable bonds is 7. The van der Waals surface area contributed by atoms with Crippen LogP contribution in [0.25, 0.3) is 0 Å². The van der Waals surface area contributed by atoms with E-state index in [1.165, 1.54) is 12.0 Å². The molecule has 2 aliphatic heterocycles. The van der Waals surface area contributed by atoms with Crippen molar-refractivity contribution >= 4 is 23.4 Å². The van der Waals surface area contributed by atoms with Crippen LogP contribution in [-0.2, 0) is 16.0 Å². The summed E-state index contributed by atoms with van der Waals surface area (Å²) < 4.78 is 0. The number of likely N-dealkylation sites (N-methyl/N-ethyl adjacent to an activating group) is 1. The van der Waals surface area contributed by atoms with Crippen molar-refractivity contribution in [2.24, 2.45) is 5.92 Å². The molecule has 2 heterocycles. The second-order valence-corrected chi connectivity index (χ2v) is 8.31. The quantitative estimate of drug-likeness (QED) is 0.717. The van der Waals surface area contributed by atoms with Gasteiger partial charge in [0.25, 0.3) is 0 Å². The molecular formula is C21H30ClN3O2. The average Bonchev–Trinajstić information content (AvgIpc) is 3.06. The van der Waals surface area contributed by atoms with Crippen LogP contribution in [0.5, 0.6) is 0 Å². The van der Waals surface area contributed by atoms with Crippen LogP contribution in [0.15, 0.2) is 24.3 Å². The maximum Gasteiger partial charge on any atom is 0.241 e. The van der Waals surface area contributed by atoms with Crippen LogP contribution >= 0.6 is 11.6 Å². The smallest absolute Gasteiger partial charge is 0.241 e. The molecule has 0 N–H and O–H groups in total. The molecule has 3 rings (SSSR count). The fourth-order valence-corrected chi connectivity index (χ4v) is 4.21. The van der Waals surface area contributed by atoms with Crippen LogP contribution in [-0.4, -0.2) is 72.8 Å². The third kappa shape index (κ3) is 5.94. The lowest BCUT2D eigenvalue weighted by molar-refractivity contribution is -0.138. The highest BCUT2D eigenvalue weighted by molar-refractivity contribution is 6.30. The second-order valence-electron chi connectivity index (χ2n) is 7.88. The van der Waals surface area contributed by atoms with E-state index in [1.807, 2.05) is 24.1 Å². The summed E-state index contributed by atoms with van der Waals surface area (Å²) in [5, 5.41) is 0.778. The van der Waals surface area contributed by atoms with Gasteiger partial charge in [0.2, 0.25) is 11.8 Å². The van der Waals surface area contributed by atoms with E-state index in [0.717, 1.165) is 57.0 Å². The largest absolute Gasteiger partial charge is 0.344 e. The predicted molar refractivity (Wildman–Crippen MR) is 108 cm³/mol. The Balaban J connectivity index is 1.42. The lowest BCUT2D eigenvalue weighted by Crippen LogP contribution is -2.44. The average molecular weight is 392 g/mol. The Labute approximate surface area is 167 Å². The molecule has 1 unspecified atom stereocenters. The zero-order valence-corrected chi connectivity index (χ0v) is 17.0. The fraction of sp³-hybridized carbons (Fsp3) is 0.619. The molecule has 2 amide bonds. The minimum Gasteiger partial charge on any atom is -0.344 e. The Bertz CT molecular complexity index is 649. The Hall–Kier alpha value is -1.59. The highest BCUT2D eigenvalue weighted by Gasteiger charge is 2.26. The van der Waals surface area contributed by atoms with Crippen molar-refractivity contribution in [3.8, 4) is 0 Å². The summed E-state index contributed by atoms with van der Waals surface area (Å²) in [4.78, 5) is 30.2. The number of carbonyl (C=O) groups is 2. The molecular weight excluding hydrogens is 362 g/mol. The van der Waals surface area contributed by atoms with Gasteiger partial charge in [-0.1, -0.05) is 23.7 Å². The summed E-state index contributed by atoms with van der Waals surface area (Å²) in [5.41, 5.74) is 1.31. The summed E-state index contributed by atoms with van der Waals surface area (Å²) in [6.07, 6.45) is 4.83. The maximum atomic E-state index is 12.4. The van der Waals surface area contributed by atoms with Gasteiger partial charge in [-0.3, -0.25) is 9.59 Å². The third-order valence-corrected chi connectivity index (χ3v) is 5.94. The molecule has 2 fully saturated rings. The van der Waals surface area contributed by atoms with Gasteiger partial charge in [-0.25, -0.2) is 0 Å². The van der Waals surface area contributed by atoms with E-state index in [9.17, 15) is 9.59 Å². The molecule has 0 spiro atoms. The molecule has 148 valence electrons. The van der Waals surface area contributed by atoms with Crippen molar-refractivity contribution in [2.75, 3.05) is 46.3 Å². The predicted octanol–water partition coefficient (Wildman–Crippen LogP) is 2.68. The summed E-state index contributed by atoms with van der Waals surface area (Å²) in [5.74, 6) is 0.679. The maximum absolute atomic E-state index is 12.4. The highest BCUT2D eigenvalue weighted by atomic mass is 35.5. The SMILES string of the molecule is CN(CC1CCCN(CCc2ccc(Cl)cc2)C1)C(=O)CN1CCCC1=O. The molecule has 0 bridgehead atoms. The number of nitrogens with zero attached hydrogens (tertiary/aromatic N) is 3. The van der Waals surface area contributed by atoms with Gasteiger partial charge in [-0.05, 0) is 55.8 Å². The Morgan fingerprint density at radius 1 is 1.22 bits per heavy atom. The molecule has 0 aliphatic carbocycles. The molecule has 1 aromatic rings. The minimum absolute atomic E-state index is 0.0588. The van der Waals surface area contributed by atoms with E-state index >= 15 is 0 Å². The molecule has 27 heavy (non-hydrogen) atoms. The lowest BCUT2D eigenvalue weighted by Gasteiger charge is -2.35. The molecule has 0 radical (unpaired) electrons. The number of hydrogen-bond donors (Lipinski definition) is 0. The summed E-state index contributed by atoms with van der Waals surface area (Å²) >= 11 is 5.95. The van der Waals surface area contributed by atoms with Crippen LogP contribution in [0.2, 0.25) is 5.02 Å². The van der Waals surface area contributed by atoms with E-state index in [1.54, 1.807) is 4.90 Å². The van der Waals surface area contributed by atoms with Crippen molar-refractivity contribution in [1.82, 2.24) is 14.7 Å². The molecule has 6 heteroatoms. The van der Waals surface area contributed by atoms with Gasteiger partial charge >= 0.3 is 0 Å². The first-order valence-corrected chi connectivity index (χ1v) is 10.4. The summed E-state index contributed by atoms with van der Waals surface area (Å²) in [6.45, 7) is 4.94. The van der Waals surface area contributed by atoms with Crippen molar-refractivity contribution in [3.05, 3.63) is 34.9 Å². The number of likely N-dealkylation sites (tertiary alicyclic amines) is 2. The van der Waals surface area contributed by atoms with Crippen molar-refractivity contribution in [2.45, 2.75) is 32.1 Å². The van der Waals surface area contributed by atoms with E-state index < -0.39 is 0 Å². The van der Waals surface area contributed by atoms with Gasteiger partial charge in [0.15, 0.2) is 0 Å². The first-order chi connectivity index (χ1) is 13.0. The molecule has 0 saturated carbocycles. The van der Waals surface area contributed by atoms with Gasteiger partial charge in [0.1, 0.15) is 0 Å². The van der Waals surface area contributed by atoms with Crippen LogP contribution < -0.4 is 0 Å². The first-order valence-electron chi connectivity index (χ1n) is 10.00. The zero-order chi connectivity index (χ0) is 19.2. The Morgan fingerprint density at radius 3 is 2.70 bits per heavy atom. The van der Waals surface area contributed by atoms with Gasteiger partial charge < -0.3 is 14.7 Å². The number of piperidine rings is 1. The molecule has 5 nitrogen and oxygen atoms in total. The van der Waals surface area contributed by atoms with Gasteiger partial charge in [-0.2, -0.15) is 0 Å². The minimum atomic E-state index is 0.0588. The zero-order valence-electron chi connectivity index (χ0n) is 16.2. The Morgan fingerprint density at radius 2 is 2.00 bits per heavy atom. The van der Waals surface area contributed by atoms with Crippen LogP contribution in [0.4, 0.5) is 0 Å². The Kier molecular flexibility index (Phi) is 7.13. The topological polar surface area (TPSA) is 43.9 Å². The third-order valence-electron chi connectivity index (χ3n) is 5.69. The van der Waals surface area contributed by atoms with E-state index in [4.69, 9.17) is 11.6 Å². The van der Waals surface area contributed by atoms with Crippen molar-refractivity contribution < 1.29 is 9.59 Å². The number of benzene rings is 1. The fourth-order valence-electron chi connectivity index (χ4n) is 4.09. The van der Waals surface area contributed by atoms with Crippen LogP contribution in [0.1, 0.15) is 31.2 Å². The summed E-state index contributed by atoms with van der Waals surface area (Å²) in [7, 11) is 1.87. The number of halogens is 1. The lowest BCUT2D eigenvalue weighted by atomic mass is 9.97. The van der Waals surface area contributed by atoms with Crippen LogP contribution in [0.3, 0.4) is 0 Å². The molecule has 1 atom stereocenters. The van der Waals surface area contributed by atoms with E-state index in [0.29, 0.717) is 12.3 Å². The van der Waals surface area contributed by atoms with Gasteiger partial charge in [0.05, 0.1) is 6.54 Å². The monoisotopic (exact) mass is 391 g/mol. The molecule has 1 aromatic carbocycles. The number of carbonyl (C=O) groups excluding carboxylic acids is 2. The second kappa shape index (κ2) is 9.56. The van der Waals surface area contributed by atoms with Gasteiger partial charge in [-0.15, -0.1) is 0 Å². The normalized spacial score (nSPS) is 20.9. The van der Waals surface area contributed by atoms with Crippen LogP contribution in [0, 0.1) is 5.92 Å². The molecule has 0 aromatic heterocycles. The van der Waals surface area contributed by atoms with E-state index in [2.05, 4.69) is 17.0 Å². The number of hydrogen-bond acceptors (Lipinski definition) is 3. The van der Waals surface area contributed by atoms with Crippen molar-refractivity contribution in [1.29, 1.82) is 0 Å². The highest BCUT2D eigenvalue weighted by Crippen LogP contribution is 2.19. The molecule has 2 saturated heterocycles. The first kappa shape index (κ1) is 20.2.